The molecule has 0 aliphatic rings. The van der Waals surface area contributed by atoms with Gasteiger partial charge in [-0.05, 0) is 38.5 Å². The highest BCUT2D eigenvalue weighted by Crippen LogP contribution is 2.19. The lowest BCUT2D eigenvalue weighted by molar-refractivity contribution is -0.137. The molecular formula is C18H19N3O2. The number of aromatic nitrogens is 2. The van der Waals surface area contributed by atoms with E-state index < -0.39 is 5.97 Å². The van der Waals surface area contributed by atoms with Crippen molar-refractivity contribution in [2.24, 2.45) is 0 Å². The molecule has 0 saturated heterocycles. The molecule has 0 aliphatic heterocycles. The zero-order valence-electron chi connectivity index (χ0n) is 13.3. The molecule has 5 heteroatoms. The highest BCUT2D eigenvalue weighted by Gasteiger charge is 2.10. The third-order valence-electron chi connectivity index (χ3n) is 3.41. The van der Waals surface area contributed by atoms with Crippen molar-refractivity contribution in [3.05, 3.63) is 53.4 Å². The van der Waals surface area contributed by atoms with Crippen LogP contribution in [0.3, 0.4) is 0 Å². The maximum atomic E-state index is 11.7. The summed E-state index contributed by atoms with van der Waals surface area (Å²) in [4.78, 5) is 11.7. The van der Waals surface area contributed by atoms with Crippen molar-refractivity contribution in [2.75, 3.05) is 6.61 Å². The fourth-order valence-electron chi connectivity index (χ4n) is 2.24. The van der Waals surface area contributed by atoms with Crippen molar-refractivity contribution in [2.45, 2.75) is 26.7 Å². The third-order valence-corrected chi connectivity index (χ3v) is 3.41. The Bertz CT molecular complexity index is 740. The summed E-state index contributed by atoms with van der Waals surface area (Å²) >= 11 is 0. The number of benzene rings is 1. The number of rotatable bonds is 6. The van der Waals surface area contributed by atoms with Crippen LogP contribution in [-0.2, 0) is 9.53 Å². The number of carbonyl (C=O) groups is 1. The monoisotopic (exact) mass is 309 g/mol. The van der Waals surface area contributed by atoms with E-state index in [9.17, 15) is 4.79 Å². The van der Waals surface area contributed by atoms with E-state index in [1.165, 1.54) is 6.08 Å². The molecule has 118 valence electrons. The van der Waals surface area contributed by atoms with E-state index in [1.54, 1.807) is 6.08 Å². The van der Waals surface area contributed by atoms with Gasteiger partial charge in [0.05, 0.1) is 24.1 Å². The summed E-state index contributed by atoms with van der Waals surface area (Å²) in [5.74, 6) is -0.408. The predicted octanol–water partition coefficient (Wildman–Crippen LogP) is 3.35. The van der Waals surface area contributed by atoms with Gasteiger partial charge in [0, 0.05) is 23.8 Å². The molecule has 23 heavy (non-hydrogen) atoms. The fourth-order valence-corrected chi connectivity index (χ4v) is 2.24. The van der Waals surface area contributed by atoms with E-state index in [0.29, 0.717) is 12.8 Å². The van der Waals surface area contributed by atoms with E-state index in [-0.39, 0.29) is 6.61 Å². The van der Waals surface area contributed by atoms with Gasteiger partial charge in [0.25, 0.3) is 0 Å². The maximum absolute atomic E-state index is 11.7. The summed E-state index contributed by atoms with van der Waals surface area (Å²) < 4.78 is 6.89. The quantitative estimate of drug-likeness (QED) is 0.466. The number of para-hydroxylation sites is 1. The van der Waals surface area contributed by atoms with Gasteiger partial charge in [-0.25, -0.2) is 9.48 Å². The van der Waals surface area contributed by atoms with Crippen LogP contribution in [-0.4, -0.2) is 22.4 Å². The van der Waals surface area contributed by atoms with Gasteiger partial charge >= 0.3 is 5.97 Å². The highest BCUT2D eigenvalue weighted by molar-refractivity contribution is 5.87. The molecule has 0 saturated carbocycles. The molecule has 0 radical (unpaired) electrons. The van der Waals surface area contributed by atoms with E-state index in [2.05, 4.69) is 5.10 Å². The van der Waals surface area contributed by atoms with Crippen molar-refractivity contribution in [1.82, 2.24) is 9.78 Å². The topological polar surface area (TPSA) is 67.9 Å². The van der Waals surface area contributed by atoms with Crippen LogP contribution >= 0.6 is 0 Å². The lowest BCUT2D eigenvalue weighted by Gasteiger charge is -2.03. The Morgan fingerprint density at radius 2 is 2.09 bits per heavy atom. The minimum Gasteiger partial charge on any atom is -0.462 e. The average Bonchev–Trinajstić information content (AvgIpc) is 2.85. The van der Waals surface area contributed by atoms with Crippen LogP contribution in [0.2, 0.25) is 0 Å². The molecule has 2 rings (SSSR count). The van der Waals surface area contributed by atoms with Gasteiger partial charge in [0.15, 0.2) is 0 Å². The Balaban J connectivity index is 2.09. The molecule has 0 fully saturated rings. The highest BCUT2D eigenvalue weighted by atomic mass is 16.5. The van der Waals surface area contributed by atoms with Crippen LogP contribution in [0.1, 0.15) is 29.8 Å². The van der Waals surface area contributed by atoms with Crippen LogP contribution in [0, 0.1) is 25.2 Å². The molecule has 0 aliphatic carbocycles. The number of nitrogens with zero attached hydrogens (tertiary/aromatic N) is 3. The van der Waals surface area contributed by atoms with Crippen molar-refractivity contribution in [3.8, 4) is 11.8 Å². The van der Waals surface area contributed by atoms with Gasteiger partial charge in [-0.3, -0.25) is 0 Å². The zero-order valence-corrected chi connectivity index (χ0v) is 13.3. The summed E-state index contributed by atoms with van der Waals surface area (Å²) in [6, 6.07) is 11.9. The van der Waals surface area contributed by atoms with E-state index >= 15 is 0 Å². The number of carbonyl (C=O) groups excluding carboxylic acids is 1. The predicted molar refractivity (Wildman–Crippen MR) is 87.9 cm³/mol. The second-order valence-corrected chi connectivity index (χ2v) is 5.09. The summed E-state index contributed by atoms with van der Waals surface area (Å²) in [6.07, 6.45) is 4.07. The first-order valence-electron chi connectivity index (χ1n) is 7.47. The summed E-state index contributed by atoms with van der Waals surface area (Å²) in [5.41, 5.74) is 3.69. The molecule has 0 spiro atoms. The SMILES string of the molecule is Cc1nn(-c2ccccc2)c(C)c1/C=C/C(=O)OCCCC#N. The molecular weight excluding hydrogens is 290 g/mol. The largest absolute Gasteiger partial charge is 0.462 e. The van der Waals surface area contributed by atoms with Crippen molar-refractivity contribution >= 4 is 12.0 Å². The molecule has 5 nitrogen and oxygen atoms in total. The Labute approximate surface area is 135 Å². The number of aryl methyl sites for hydroxylation is 1. The van der Waals surface area contributed by atoms with Crippen molar-refractivity contribution < 1.29 is 9.53 Å². The lowest BCUT2D eigenvalue weighted by Crippen LogP contribution is -2.02. The van der Waals surface area contributed by atoms with Crippen LogP contribution in [0.5, 0.6) is 0 Å². The Morgan fingerprint density at radius 1 is 1.35 bits per heavy atom. The van der Waals surface area contributed by atoms with Gasteiger partial charge in [-0.2, -0.15) is 10.4 Å². The molecule has 0 atom stereocenters. The normalized spacial score (nSPS) is 10.7. The molecule has 0 unspecified atom stereocenters. The summed E-state index contributed by atoms with van der Waals surface area (Å²) in [6.45, 7) is 4.13. The molecule has 2 aromatic rings. The zero-order chi connectivity index (χ0) is 16.7. The standard InChI is InChI=1S/C18H19N3O2/c1-14-17(10-11-18(22)23-13-7-6-12-19)15(2)21(20-14)16-8-4-3-5-9-16/h3-5,8-11H,6-7,13H2,1-2H3/b11-10+. The van der Waals surface area contributed by atoms with Gasteiger partial charge in [0.1, 0.15) is 0 Å². The van der Waals surface area contributed by atoms with Gasteiger partial charge in [-0.15, -0.1) is 0 Å². The van der Waals surface area contributed by atoms with Gasteiger partial charge < -0.3 is 4.74 Å². The van der Waals surface area contributed by atoms with E-state index in [4.69, 9.17) is 10.00 Å². The van der Waals surface area contributed by atoms with E-state index in [1.807, 2.05) is 54.9 Å². The van der Waals surface area contributed by atoms with Crippen molar-refractivity contribution in [3.63, 3.8) is 0 Å². The lowest BCUT2D eigenvalue weighted by atomic mass is 10.2. The third kappa shape index (κ3) is 4.30. The number of hydrogen-bond donors (Lipinski definition) is 0. The molecule has 1 aromatic heterocycles. The summed E-state index contributed by atoms with van der Waals surface area (Å²) in [7, 11) is 0. The van der Waals surface area contributed by atoms with Gasteiger partial charge in [-0.1, -0.05) is 18.2 Å². The van der Waals surface area contributed by atoms with Crippen LogP contribution in [0.25, 0.3) is 11.8 Å². The van der Waals surface area contributed by atoms with E-state index in [0.717, 1.165) is 22.6 Å². The van der Waals surface area contributed by atoms with Crippen LogP contribution in [0.4, 0.5) is 0 Å². The molecule has 0 bridgehead atoms. The second-order valence-electron chi connectivity index (χ2n) is 5.09. The van der Waals surface area contributed by atoms with Crippen molar-refractivity contribution in [1.29, 1.82) is 5.26 Å². The Morgan fingerprint density at radius 3 is 2.78 bits per heavy atom. The average molecular weight is 309 g/mol. The van der Waals surface area contributed by atoms with Crippen LogP contribution < -0.4 is 0 Å². The van der Waals surface area contributed by atoms with Crippen LogP contribution in [0.15, 0.2) is 36.4 Å². The summed E-state index contributed by atoms with van der Waals surface area (Å²) in [5, 5.41) is 12.9. The minimum absolute atomic E-state index is 0.262. The molecule has 0 N–H and O–H groups in total. The smallest absolute Gasteiger partial charge is 0.330 e. The first-order valence-corrected chi connectivity index (χ1v) is 7.47. The Hall–Kier alpha value is -2.87. The Kier molecular flexibility index (Phi) is 5.70. The fraction of sp³-hybridized carbons (Fsp3) is 0.278. The number of ether oxygens (including phenoxy) is 1. The first-order chi connectivity index (χ1) is 11.1. The number of esters is 1. The number of nitriles is 1. The van der Waals surface area contributed by atoms with Gasteiger partial charge in [0.2, 0.25) is 0 Å². The minimum atomic E-state index is -0.408. The molecule has 1 aromatic carbocycles. The first kappa shape index (κ1) is 16.5. The molecule has 1 heterocycles. The number of hydrogen-bond acceptors (Lipinski definition) is 4. The second kappa shape index (κ2) is 7.95. The maximum Gasteiger partial charge on any atom is 0.330 e. The number of unbranched alkanes of at least 4 members (excludes halogenated alkanes) is 1. The molecule has 0 amide bonds.